The van der Waals surface area contributed by atoms with Gasteiger partial charge in [0.1, 0.15) is 5.75 Å². The lowest BCUT2D eigenvalue weighted by Crippen LogP contribution is -2.36. The molecule has 0 fully saturated rings. The molecule has 6 nitrogen and oxygen atoms in total. The molecule has 28 heavy (non-hydrogen) atoms. The molecule has 1 aromatic heterocycles. The van der Waals surface area contributed by atoms with Crippen LogP contribution in [0.25, 0.3) is 0 Å². The first-order valence-corrected chi connectivity index (χ1v) is 8.86. The molecule has 0 spiro atoms. The number of nitrogens with one attached hydrogen (secondary N) is 2. The standard InChI is InChI=1S/C22H22N4O2/c1-16-3-7-19(8-4-16)25-22(24-15-17-11-13-23-14-12-17)26-21(27)18-5-9-20(28-2)10-6-18/h3-14H,15H2,1-2H3,(H2,24,25,26,27). The molecule has 1 amide bonds. The Morgan fingerprint density at radius 1 is 1.00 bits per heavy atom. The van der Waals surface area contributed by atoms with E-state index < -0.39 is 0 Å². The van der Waals surface area contributed by atoms with E-state index in [1.165, 1.54) is 0 Å². The van der Waals surface area contributed by atoms with Crippen molar-refractivity contribution in [1.82, 2.24) is 10.3 Å². The minimum atomic E-state index is -0.254. The molecule has 3 aromatic rings. The number of ether oxygens (including phenoxy) is 1. The molecule has 0 saturated heterocycles. The van der Waals surface area contributed by atoms with Crippen LogP contribution in [-0.4, -0.2) is 24.0 Å². The van der Waals surface area contributed by atoms with E-state index in [-0.39, 0.29) is 5.91 Å². The Bertz CT molecular complexity index is 937. The number of aliphatic imine (C=N–C) groups is 1. The van der Waals surface area contributed by atoms with Gasteiger partial charge in [0.25, 0.3) is 5.91 Å². The Kier molecular flexibility index (Phi) is 6.36. The van der Waals surface area contributed by atoms with Crippen LogP contribution in [0.3, 0.4) is 0 Å². The fraction of sp³-hybridized carbons (Fsp3) is 0.136. The number of hydrogen-bond acceptors (Lipinski definition) is 4. The van der Waals surface area contributed by atoms with E-state index in [9.17, 15) is 4.79 Å². The van der Waals surface area contributed by atoms with Gasteiger partial charge < -0.3 is 10.1 Å². The molecule has 0 unspecified atom stereocenters. The lowest BCUT2D eigenvalue weighted by atomic mass is 10.2. The number of pyridine rings is 1. The van der Waals surface area contributed by atoms with E-state index in [0.29, 0.717) is 23.8 Å². The summed E-state index contributed by atoms with van der Waals surface area (Å²) >= 11 is 0. The molecule has 0 saturated carbocycles. The van der Waals surface area contributed by atoms with E-state index in [1.54, 1.807) is 43.8 Å². The number of carbonyl (C=O) groups excluding carboxylic acids is 1. The third-order valence-electron chi connectivity index (χ3n) is 4.07. The molecule has 0 aliphatic heterocycles. The Morgan fingerprint density at radius 3 is 2.32 bits per heavy atom. The van der Waals surface area contributed by atoms with Crippen LogP contribution in [-0.2, 0) is 6.54 Å². The number of anilines is 1. The van der Waals surface area contributed by atoms with Gasteiger partial charge in [-0.15, -0.1) is 0 Å². The summed E-state index contributed by atoms with van der Waals surface area (Å²) in [7, 11) is 1.59. The number of aromatic nitrogens is 1. The summed E-state index contributed by atoms with van der Waals surface area (Å²) in [5, 5.41) is 6.03. The van der Waals surface area contributed by atoms with Crippen molar-refractivity contribution in [3.05, 3.63) is 89.7 Å². The zero-order valence-corrected chi connectivity index (χ0v) is 15.8. The number of rotatable bonds is 5. The van der Waals surface area contributed by atoms with Gasteiger partial charge in [-0.3, -0.25) is 15.1 Å². The van der Waals surface area contributed by atoms with Crippen molar-refractivity contribution < 1.29 is 9.53 Å². The summed E-state index contributed by atoms with van der Waals surface area (Å²) in [6.07, 6.45) is 3.43. The largest absolute Gasteiger partial charge is 0.497 e. The van der Waals surface area contributed by atoms with Crippen molar-refractivity contribution in [2.75, 3.05) is 12.4 Å². The number of guanidine groups is 1. The van der Waals surface area contributed by atoms with Gasteiger partial charge in [-0.25, -0.2) is 4.99 Å². The van der Waals surface area contributed by atoms with Crippen LogP contribution >= 0.6 is 0 Å². The average Bonchev–Trinajstić information content (AvgIpc) is 2.74. The zero-order chi connectivity index (χ0) is 19.8. The number of carbonyl (C=O) groups is 1. The van der Waals surface area contributed by atoms with Gasteiger partial charge in [0, 0.05) is 23.6 Å². The summed E-state index contributed by atoms with van der Waals surface area (Å²) in [5.74, 6) is 0.818. The van der Waals surface area contributed by atoms with Gasteiger partial charge >= 0.3 is 0 Å². The molecular weight excluding hydrogens is 352 g/mol. The van der Waals surface area contributed by atoms with E-state index in [2.05, 4.69) is 20.6 Å². The molecule has 0 radical (unpaired) electrons. The summed E-state index contributed by atoms with van der Waals surface area (Å²) in [4.78, 5) is 21.2. The van der Waals surface area contributed by atoms with Crippen molar-refractivity contribution in [2.24, 2.45) is 4.99 Å². The third kappa shape index (κ3) is 5.41. The second kappa shape index (κ2) is 9.32. The first-order valence-electron chi connectivity index (χ1n) is 8.86. The Balaban J connectivity index is 1.77. The summed E-state index contributed by atoms with van der Waals surface area (Å²) in [5.41, 5.74) is 3.51. The summed E-state index contributed by atoms with van der Waals surface area (Å²) in [6.45, 7) is 2.44. The molecule has 0 atom stereocenters. The number of benzene rings is 2. The van der Waals surface area contributed by atoms with Crippen LogP contribution in [0.15, 0.2) is 78.0 Å². The number of nitrogens with zero attached hydrogens (tertiary/aromatic N) is 2. The number of methoxy groups -OCH3 is 1. The molecule has 0 aliphatic carbocycles. The Morgan fingerprint density at radius 2 is 1.68 bits per heavy atom. The fourth-order valence-corrected chi connectivity index (χ4v) is 2.46. The van der Waals surface area contributed by atoms with Gasteiger partial charge in [-0.2, -0.15) is 0 Å². The molecule has 3 rings (SSSR count). The highest BCUT2D eigenvalue weighted by Crippen LogP contribution is 2.12. The highest BCUT2D eigenvalue weighted by Gasteiger charge is 2.10. The first-order chi connectivity index (χ1) is 13.6. The summed E-state index contributed by atoms with van der Waals surface area (Å²) in [6, 6.07) is 18.6. The lowest BCUT2D eigenvalue weighted by molar-refractivity contribution is 0.0977. The molecule has 2 aromatic carbocycles. The Hall–Kier alpha value is -3.67. The van der Waals surface area contributed by atoms with Crippen molar-refractivity contribution >= 4 is 17.6 Å². The highest BCUT2D eigenvalue weighted by molar-refractivity contribution is 6.10. The fourth-order valence-electron chi connectivity index (χ4n) is 2.46. The normalized spacial score (nSPS) is 11.0. The zero-order valence-electron chi connectivity index (χ0n) is 15.8. The number of aryl methyl sites for hydroxylation is 1. The molecule has 6 heteroatoms. The predicted octanol–water partition coefficient (Wildman–Crippen LogP) is 3.80. The van der Waals surface area contributed by atoms with Crippen LogP contribution < -0.4 is 15.4 Å². The Labute approximate surface area is 164 Å². The first kappa shape index (κ1) is 19.1. The molecular formula is C22H22N4O2. The van der Waals surface area contributed by atoms with Crippen molar-refractivity contribution in [3.63, 3.8) is 0 Å². The summed E-state index contributed by atoms with van der Waals surface area (Å²) < 4.78 is 5.13. The molecule has 1 heterocycles. The minimum Gasteiger partial charge on any atom is -0.497 e. The van der Waals surface area contributed by atoms with Gasteiger partial charge in [-0.05, 0) is 61.0 Å². The van der Waals surface area contributed by atoms with Crippen molar-refractivity contribution in [3.8, 4) is 5.75 Å². The van der Waals surface area contributed by atoms with Gasteiger partial charge in [0.05, 0.1) is 13.7 Å². The van der Waals surface area contributed by atoms with Gasteiger partial charge in [0.15, 0.2) is 0 Å². The van der Waals surface area contributed by atoms with Crippen molar-refractivity contribution in [2.45, 2.75) is 13.5 Å². The third-order valence-corrected chi connectivity index (χ3v) is 4.07. The average molecular weight is 374 g/mol. The maximum atomic E-state index is 12.6. The number of amides is 1. The molecule has 2 N–H and O–H groups in total. The lowest BCUT2D eigenvalue weighted by Gasteiger charge is -2.12. The van der Waals surface area contributed by atoms with Crippen LogP contribution in [0.1, 0.15) is 21.5 Å². The predicted molar refractivity (Wildman–Crippen MR) is 111 cm³/mol. The van der Waals surface area contributed by atoms with E-state index >= 15 is 0 Å². The van der Waals surface area contributed by atoms with Crippen LogP contribution in [0.5, 0.6) is 5.75 Å². The maximum Gasteiger partial charge on any atom is 0.257 e. The van der Waals surface area contributed by atoms with Crippen molar-refractivity contribution in [1.29, 1.82) is 0 Å². The van der Waals surface area contributed by atoms with Crippen LogP contribution in [0.2, 0.25) is 0 Å². The van der Waals surface area contributed by atoms with Gasteiger partial charge in [0.2, 0.25) is 5.96 Å². The second-order valence-corrected chi connectivity index (χ2v) is 6.19. The topological polar surface area (TPSA) is 75.6 Å². The van der Waals surface area contributed by atoms with Crippen LogP contribution in [0, 0.1) is 6.92 Å². The molecule has 142 valence electrons. The van der Waals surface area contributed by atoms with E-state index in [1.807, 2.05) is 43.3 Å². The highest BCUT2D eigenvalue weighted by atomic mass is 16.5. The molecule has 0 aliphatic rings. The SMILES string of the molecule is COc1ccc(C(=O)NC(=NCc2ccncc2)Nc2ccc(C)cc2)cc1. The van der Waals surface area contributed by atoms with E-state index in [4.69, 9.17) is 4.74 Å². The van der Waals surface area contributed by atoms with Gasteiger partial charge in [-0.1, -0.05) is 17.7 Å². The van der Waals surface area contributed by atoms with E-state index in [0.717, 1.165) is 16.8 Å². The maximum absolute atomic E-state index is 12.6. The quantitative estimate of drug-likeness (QED) is 0.526. The second-order valence-electron chi connectivity index (χ2n) is 6.19. The molecule has 0 bridgehead atoms. The minimum absolute atomic E-state index is 0.254. The smallest absolute Gasteiger partial charge is 0.257 e. The van der Waals surface area contributed by atoms with Crippen LogP contribution in [0.4, 0.5) is 5.69 Å². The monoisotopic (exact) mass is 374 g/mol. The number of hydrogen-bond donors (Lipinski definition) is 2.